The molecule has 0 spiro atoms. The molecule has 2 N–H and O–H groups in total. The molecule has 0 bridgehead atoms. The van der Waals surface area contributed by atoms with Gasteiger partial charge in [0.25, 0.3) is 0 Å². The first-order chi connectivity index (χ1) is 13.3. The monoisotopic (exact) mass is 374 g/mol. The second kappa shape index (κ2) is 13.6. The molecule has 0 aliphatic carbocycles. The van der Waals surface area contributed by atoms with Crippen LogP contribution in [0.15, 0.2) is 29.3 Å². The van der Waals surface area contributed by atoms with Gasteiger partial charge in [-0.15, -0.1) is 0 Å². The number of benzene rings is 1. The van der Waals surface area contributed by atoms with Gasteiger partial charge in [0, 0.05) is 32.8 Å². The van der Waals surface area contributed by atoms with Gasteiger partial charge < -0.3 is 15.4 Å². The number of guanidine groups is 1. The van der Waals surface area contributed by atoms with Gasteiger partial charge >= 0.3 is 0 Å². The predicted octanol–water partition coefficient (Wildman–Crippen LogP) is 3.54. The second-order valence-electron chi connectivity index (χ2n) is 7.13. The molecule has 0 radical (unpaired) electrons. The van der Waals surface area contributed by atoms with Crippen molar-refractivity contribution in [2.45, 2.75) is 59.0 Å². The number of hydrogen-bond acceptors (Lipinski definition) is 3. The van der Waals surface area contributed by atoms with Gasteiger partial charge in [-0.1, -0.05) is 30.7 Å². The van der Waals surface area contributed by atoms with E-state index in [1.807, 2.05) is 6.92 Å². The molecular formula is C22H38N4O. The summed E-state index contributed by atoms with van der Waals surface area (Å²) in [4.78, 5) is 7.39. The maximum Gasteiger partial charge on any atom is 0.191 e. The molecule has 0 saturated carbocycles. The van der Waals surface area contributed by atoms with Crippen molar-refractivity contribution in [2.75, 3.05) is 39.4 Å². The minimum atomic E-state index is 0.721. The molecule has 0 aromatic heterocycles. The number of ether oxygens (including phenoxy) is 1. The number of nitrogens with one attached hydrogen (secondary N) is 2. The normalized spacial score (nSPS) is 15.7. The van der Waals surface area contributed by atoms with Crippen molar-refractivity contribution in [3.05, 3.63) is 35.4 Å². The van der Waals surface area contributed by atoms with Crippen molar-refractivity contribution in [1.29, 1.82) is 0 Å². The summed E-state index contributed by atoms with van der Waals surface area (Å²) >= 11 is 0. The average Bonchev–Trinajstić information content (AvgIpc) is 2.70. The van der Waals surface area contributed by atoms with E-state index in [1.165, 1.54) is 43.5 Å². The number of hydrogen-bond donors (Lipinski definition) is 2. The van der Waals surface area contributed by atoms with Gasteiger partial charge in [-0.2, -0.15) is 0 Å². The zero-order chi connectivity index (χ0) is 19.2. The lowest BCUT2D eigenvalue weighted by molar-refractivity contribution is 0.143. The Morgan fingerprint density at radius 3 is 2.56 bits per heavy atom. The quantitative estimate of drug-likeness (QED) is 0.353. The van der Waals surface area contributed by atoms with Gasteiger partial charge in [0.15, 0.2) is 5.96 Å². The highest BCUT2D eigenvalue weighted by molar-refractivity contribution is 5.79. The summed E-state index contributed by atoms with van der Waals surface area (Å²) in [5.74, 6) is 0.904. The van der Waals surface area contributed by atoms with E-state index in [0.717, 1.165) is 58.2 Å². The lowest BCUT2D eigenvalue weighted by Gasteiger charge is -2.27. The third kappa shape index (κ3) is 8.76. The van der Waals surface area contributed by atoms with Crippen molar-refractivity contribution in [3.8, 4) is 0 Å². The Labute approximate surface area is 165 Å². The highest BCUT2D eigenvalue weighted by atomic mass is 16.5. The lowest BCUT2D eigenvalue weighted by Crippen LogP contribution is -2.37. The van der Waals surface area contributed by atoms with E-state index in [-0.39, 0.29) is 0 Å². The van der Waals surface area contributed by atoms with Crippen molar-refractivity contribution in [3.63, 3.8) is 0 Å². The molecule has 0 amide bonds. The first-order valence-electron chi connectivity index (χ1n) is 10.7. The molecule has 5 nitrogen and oxygen atoms in total. The number of likely N-dealkylation sites (tertiary alicyclic amines) is 1. The molecule has 5 heteroatoms. The van der Waals surface area contributed by atoms with Crippen molar-refractivity contribution < 1.29 is 4.74 Å². The molecule has 27 heavy (non-hydrogen) atoms. The Balaban J connectivity index is 1.86. The molecule has 0 atom stereocenters. The Bertz CT molecular complexity index is 541. The smallest absolute Gasteiger partial charge is 0.191 e. The molecule has 1 aromatic carbocycles. The zero-order valence-corrected chi connectivity index (χ0v) is 17.3. The van der Waals surface area contributed by atoms with Crippen LogP contribution in [0.25, 0.3) is 0 Å². The second-order valence-corrected chi connectivity index (χ2v) is 7.13. The fourth-order valence-electron chi connectivity index (χ4n) is 3.41. The molecular weight excluding hydrogens is 336 g/mol. The van der Waals surface area contributed by atoms with Crippen LogP contribution in [0, 0.1) is 0 Å². The Morgan fingerprint density at radius 2 is 1.81 bits per heavy atom. The van der Waals surface area contributed by atoms with E-state index in [4.69, 9.17) is 9.73 Å². The first-order valence-corrected chi connectivity index (χ1v) is 10.7. The first kappa shape index (κ1) is 21.7. The molecule has 0 unspecified atom stereocenters. The third-order valence-electron chi connectivity index (χ3n) is 4.92. The van der Waals surface area contributed by atoms with E-state index in [1.54, 1.807) is 0 Å². The van der Waals surface area contributed by atoms with Crippen LogP contribution >= 0.6 is 0 Å². The summed E-state index contributed by atoms with van der Waals surface area (Å²) in [6, 6.07) is 8.74. The summed E-state index contributed by atoms with van der Waals surface area (Å²) < 4.78 is 5.39. The van der Waals surface area contributed by atoms with E-state index in [9.17, 15) is 0 Å². The standard InChI is InChI=1S/C22H38N4O/c1-3-23-22(24-14-8-11-17-27-4-2)25-18-20-12-6-7-13-21(20)19-26-15-9-5-10-16-26/h6-7,12-13H,3-5,8-11,14-19H2,1-2H3,(H2,23,24,25). The van der Waals surface area contributed by atoms with E-state index >= 15 is 0 Å². The molecule has 2 rings (SSSR count). The van der Waals surface area contributed by atoms with Gasteiger partial charge in [-0.05, 0) is 63.7 Å². The molecule has 152 valence electrons. The Kier molecular flexibility index (Phi) is 10.9. The fourth-order valence-corrected chi connectivity index (χ4v) is 3.41. The number of piperidine rings is 1. The van der Waals surface area contributed by atoms with Crippen LogP contribution in [0.3, 0.4) is 0 Å². The van der Waals surface area contributed by atoms with Crippen LogP contribution < -0.4 is 10.6 Å². The van der Waals surface area contributed by atoms with Crippen LogP contribution in [0.2, 0.25) is 0 Å². The number of rotatable bonds is 11. The summed E-state index contributed by atoms with van der Waals surface area (Å²) in [6.07, 6.45) is 6.22. The van der Waals surface area contributed by atoms with Crippen LogP contribution in [0.5, 0.6) is 0 Å². The molecule has 1 heterocycles. The minimum Gasteiger partial charge on any atom is -0.382 e. The zero-order valence-electron chi connectivity index (χ0n) is 17.3. The van der Waals surface area contributed by atoms with E-state index < -0.39 is 0 Å². The van der Waals surface area contributed by atoms with Gasteiger partial charge in [-0.3, -0.25) is 4.90 Å². The third-order valence-corrected chi connectivity index (χ3v) is 4.92. The van der Waals surface area contributed by atoms with Crippen LogP contribution in [-0.4, -0.2) is 50.3 Å². The van der Waals surface area contributed by atoms with Crippen LogP contribution in [0.4, 0.5) is 0 Å². The van der Waals surface area contributed by atoms with Gasteiger partial charge in [0.1, 0.15) is 0 Å². The average molecular weight is 375 g/mol. The molecule has 1 saturated heterocycles. The maximum absolute atomic E-state index is 5.39. The minimum absolute atomic E-state index is 0.721. The van der Waals surface area contributed by atoms with Crippen molar-refractivity contribution >= 4 is 5.96 Å². The van der Waals surface area contributed by atoms with Crippen molar-refractivity contribution in [1.82, 2.24) is 15.5 Å². The van der Waals surface area contributed by atoms with Crippen molar-refractivity contribution in [2.24, 2.45) is 4.99 Å². The highest BCUT2D eigenvalue weighted by Crippen LogP contribution is 2.16. The molecule has 1 aromatic rings. The summed E-state index contributed by atoms with van der Waals surface area (Å²) in [7, 11) is 0. The van der Waals surface area contributed by atoms with E-state index in [2.05, 4.69) is 46.7 Å². The summed E-state index contributed by atoms with van der Waals surface area (Å²) in [6.45, 7) is 11.8. The maximum atomic E-state index is 5.39. The predicted molar refractivity (Wildman–Crippen MR) is 114 cm³/mol. The Morgan fingerprint density at radius 1 is 1.04 bits per heavy atom. The Hall–Kier alpha value is -1.59. The van der Waals surface area contributed by atoms with Gasteiger partial charge in [-0.25, -0.2) is 4.99 Å². The topological polar surface area (TPSA) is 48.9 Å². The van der Waals surface area contributed by atoms with Crippen LogP contribution in [0.1, 0.15) is 57.1 Å². The summed E-state index contributed by atoms with van der Waals surface area (Å²) in [5, 5.41) is 6.79. The largest absolute Gasteiger partial charge is 0.382 e. The molecule has 1 fully saturated rings. The molecule has 1 aliphatic heterocycles. The van der Waals surface area contributed by atoms with E-state index in [0.29, 0.717) is 0 Å². The number of unbranched alkanes of at least 4 members (excludes halogenated alkanes) is 1. The lowest BCUT2D eigenvalue weighted by atomic mass is 10.1. The number of aliphatic imine (C=N–C) groups is 1. The fraction of sp³-hybridized carbons (Fsp3) is 0.682. The van der Waals surface area contributed by atoms with Gasteiger partial charge in [0.2, 0.25) is 0 Å². The van der Waals surface area contributed by atoms with Gasteiger partial charge in [0.05, 0.1) is 6.54 Å². The molecule has 1 aliphatic rings. The number of nitrogens with zero attached hydrogens (tertiary/aromatic N) is 2. The SMILES string of the molecule is CCNC(=NCc1ccccc1CN1CCCCC1)NCCCCOCC. The summed E-state index contributed by atoms with van der Waals surface area (Å²) in [5.41, 5.74) is 2.74. The van der Waals surface area contributed by atoms with Crippen LogP contribution in [-0.2, 0) is 17.8 Å². The highest BCUT2D eigenvalue weighted by Gasteiger charge is 2.12.